The zero-order valence-corrected chi connectivity index (χ0v) is 11.5. The van der Waals surface area contributed by atoms with Gasteiger partial charge in [-0.25, -0.2) is 4.79 Å². The molecule has 0 spiro atoms. The molecule has 0 aliphatic rings. The Kier molecular flexibility index (Phi) is 3.82. The molecule has 0 radical (unpaired) electrons. The molecule has 0 saturated heterocycles. The van der Waals surface area contributed by atoms with E-state index in [4.69, 9.17) is 14.4 Å². The zero-order valence-electron chi connectivity index (χ0n) is 11.5. The van der Waals surface area contributed by atoms with E-state index in [1.54, 1.807) is 24.3 Å². The van der Waals surface area contributed by atoms with Gasteiger partial charge in [0.1, 0.15) is 5.75 Å². The summed E-state index contributed by atoms with van der Waals surface area (Å²) in [4.78, 5) is 15.0. The first-order valence-electron chi connectivity index (χ1n) is 6.57. The lowest BCUT2D eigenvalue weighted by Crippen LogP contribution is -2.09. The minimum atomic E-state index is -1.05. The van der Waals surface area contributed by atoms with Crippen molar-refractivity contribution in [3.8, 4) is 28.6 Å². The monoisotopic (exact) mass is 296 g/mol. The number of hydrogen-bond donors (Lipinski definition) is 1. The fourth-order valence-electron chi connectivity index (χ4n) is 1.95. The van der Waals surface area contributed by atoms with Gasteiger partial charge in [-0.2, -0.15) is 4.98 Å². The topological polar surface area (TPSA) is 85.5 Å². The van der Waals surface area contributed by atoms with Crippen LogP contribution in [0.25, 0.3) is 22.8 Å². The van der Waals surface area contributed by atoms with Crippen LogP contribution in [0.2, 0.25) is 0 Å². The van der Waals surface area contributed by atoms with Gasteiger partial charge in [-0.15, -0.1) is 0 Å². The summed E-state index contributed by atoms with van der Waals surface area (Å²) >= 11 is 0. The predicted octanol–water partition coefficient (Wildman–Crippen LogP) is 2.87. The first-order chi connectivity index (χ1) is 10.7. The fourth-order valence-corrected chi connectivity index (χ4v) is 1.95. The maximum atomic E-state index is 10.6. The SMILES string of the molecule is O=C(O)COc1ccccc1-c1nc(-c2ccccc2)no1. The summed E-state index contributed by atoms with van der Waals surface area (Å²) < 4.78 is 10.5. The molecule has 22 heavy (non-hydrogen) atoms. The molecule has 1 N–H and O–H groups in total. The number of carboxylic acids is 1. The van der Waals surface area contributed by atoms with Gasteiger partial charge in [0.25, 0.3) is 5.89 Å². The Morgan fingerprint density at radius 3 is 2.59 bits per heavy atom. The van der Waals surface area contributed by atoms with Crippen LogP contribution in [0.3, 0.4) is 0 Å². The highest BCUT2D eigenvalue weighted by atomic mass is 16.5. The van der Waals surface area contributed by atoms with Gasteiger partial charge in [0.15, 0.2) is 6.61 Å². The Hall–Kier alpha value is -3.15. The van der Waals surface area contributed by atoms with Crippen molar-refractivity contribution in [1.82, 2.24) is 10.1 Å². The van der Waals surface area contributed by atoms with Crippen molar-refractivity contribution in [2.24, 2.45) is 0 Å². The van der Waals surface area contributed by atoms with Crippen LogP contribution in [0.4, 0.5) is 0 Å². The minimum absolute atomic E-state index is 0.278. The molecular weight excluding hydrogens is 284 g/mol. The summed E-state index contributed by atoms with van der Waals surface area (Å²) in [5.74, 6) is 0.0712. The number of nitrogens with zero attached hydrogens (tertiary/aromatic N) is 2. The van der Waals surface area contributed by atoms with Crippen LogP contribution in [-0.2, 0) is 4.79 Å². The number of para-hydroxylation sites is 1. The molecule has 6 heteroatoms. The molecule has 0 aliphatic heterocycles. The molecular formula is C16H12N2O4. The third kappa shape index (κ3) is 2.95. The Balaban J connectivity index is 1.92. The van der Waals surface area contributed by atoms with Gasteiger partial charge in [0, 0.05) is 5.56 Å². The first-order valence-corrected chi connectivity index (χ1v) is 6.57. The van der Waals surface area contributed by atoms with Crippen LogP contribution in [-0.4, -0.2) is 27.8 Å². The Morgan fingerprint density at radius 1 is 1.09 bits per heavy atom. The number of carbonyl (C=O) groups is 1. The van der Waals surface area contributed by atoms with Crippen LogP contribution in [0.1, 0.15) is 0 Å². The average molecular weight is 296 g/mol. The number of aliphatic carboxylic acids is 1. The van der Waals surface area contributed by atoms with Crippen molar-refractivity contribution in [2.45, 2.75) is 0 Å². The van der Waals surface area contributed by atoms with E-state index in [0.29, 0.717) is 17.1 Å². The minimum Gasteiger partial charge on any atom is -0.481 e. The number of benzene rings is 2. The number of rotatable bonds is 5. The second-order valence-corrected chi connectivity index (χ2v) is 4.47. The summed E-state index contributed by atoms with van der Waals surface area (Å²) in [6, 6.07) is 16.3. The number of carboxylic acid groups (broad SMARTS) is 1. The summed E-state index contributed by atoms with van der Waals surface area (Å²) in [7, 11) is 0. The molecule has 2 aromatic carbocycles. The van der Waals surface area contributed by atoms with Crippen LogP contribution >= 0.6 is 0 Å². The molecule has 3 aromatic rings. The lowest BCUT2D eigenvalue weighted by atomic mass is 10.2. The van der Waals surface area contributed by atoms with Crippen LogP contribution in [0.15, 0.2) is 59.1 Å². The van der Waals surface area contributed by atoms with E-state index < -0.39 is 12.6 Å². The lowest BCUT2D eigenvalue weighted by molar-refractivity contribution is -0.139. The molecule has 1 heterocycles. The van der Waals surface area contributed by atoms with E-state index in [2.05, 4.69) is 10.1 Å². The van der Waals surface area contributed by atoms with E-state index in [1.807, 2.05) is 30.3 Å². The quantitative estimate of drug-likeness (QED) is 0.779. The van der Waals surface area contributed by atoms with E-state index in [-0.39, 0.29) is 5.89 Å². The fraction of sp³-hybridized carbons (Fsp3) is 0.0625. The average Bonchev–Trinajstić information content (AvgIpc) is 3.04. The zero-order chi connectivity index (χ0) is 15.4. The van der Waals surface area contributed by atoms with E-state index in [1.165, 1.54) is 0 Å². The Morgan fingerprint density at radius 2 is 1.82 bits per heavy atom. The van der Waals surface area contributed by atoms with Crippen molar-refractivity contribution >= 4 is 5.97 Å². The summed E-state index contributed by atoms with van der Waals surface area (Å²) in [5, 5.41) is 12.7. The summed E-state index contributed by atoms with van der Waals surface area (Å²) in [6.45, 7) is -0.434. The van der Waals surface area contributed by atoms with Crippen LogP contribution in [0.5, 0.6) is 5.75 Å². The molecule has 0 unspecified atom stereocenters. The van der Waals surface area contributed by atoms with Gasteiger partial charge in [-0.3, -0.25) is 0 Å². The third-order valence-corrected chi connectivity index (χ3v) is 2.93. The van der Waals surface area contributed by atoms with Crippen molar-refractivity contribution in [1.29, 1.82) is 0 Å². The molecule has 110 valence electrons. The number of aromatic nitrogens is 2. The Labute approximate surface area is 126 Å². The highest BCUT2D eigenvalue weighted by Gasteiger charge is 2.15. The smallest absolute Gasteiger partial charge is 0.341 e. The first kappa shape index (κ1) is 13.8. The van der Waals surface area contributed by atoms with Crippen molar-refractivity contribution in [3.05, 3.63) is 54.6 Å². The van der Waals surface area contributed by atoms with Crippen molar-refractivity contribution in [2.75, 3.05) is 6.61 Å². The summed E-state index contributed by atoms with van der Waals surface area (Å²) in [5.41, 5.74) is 1.39. The molecule has 0 fully saturated rings. The predicted molar refractivity (Wildman–Crippen MR) is 78.3 cm³/mol. The third-order valence-electron chi connectivity index (χ3n) is 2.93. The van der Waals surface area contributed by atoms with Crippen LogP contribution in [0, 0.1) is 0 Å². The number of hydrogen-bond acceptors (Lipinski definition) is 5. The van der Waals surface area contributed by atoms with Crippen molar-refractivity contribution < 1.29 is 19.2 Å². The van der Waals surface area contributed by atoms with Gasteiger partial charge in [-0.1, -0.05) is 47.6 Å². The second-order valence-electron chi connectivity index (χ2n) is 4.47. The molecule has 6 nitrogen and oxygen atoms in total. The molecule has 0 atom stereocenters. The molecule has 0 bridgehead atoms. The van der Waals surface area contributed by atoms with Gasteiger partial charge in [0.2, 0.25) is 5.82 Å². The summed E-state index contributed by atoms with van der Waals surface area (Å²) in [6.07, 6.45) is 0. The maximum Gasteiger partial charge on any atom is 0.341 e. The van der Waals surface area contributed by atoms with E-state index in [0.717, 1.165) is 5.56 Å². The van der Waals surface area contributed by atoms with Gasteiger partial charge < -0.3 is 14.4 Å². The van der Waals surface area contributed by atoms with Crippen LogP contribution < -0.4 is 4.74 Å². The van der Waals surface area contributed by atoms with Gasteiger partial charge in [0.05, 0.1) is 5.56 Å². The van der Waals surface area contributed by atoms with Crippen molar-refractivity contribution in [3.63, 3.8) is 0 Å². The highest BCUT2D eigenvalue weighted by Crippen LogP contribution is 2.30. The van der Waals surface area contributed by atoms with Gasteiger partial charge >= 0.3 is 5.97 Å². The molecule has 0 amide bonds. The normalized spacial score (nSPS) is 10.4. The Bertz CT molecular complexity index is 784. The van der Waals surface area contributed by atoms with E-state index >= 15 is 0 Å². The standard InChI is InChI=1S/C16H12N2O4/c19-14(20)10-21-13-9-5-4-8-12(13)16-17-15(18-22-16)11-6-2-1-3-7-11/h1-9H,10H2,(H,19,20). The largest absolute Gasteiger partial charge is 0.481 e. The second kappa shape index (κ2) is 6.09. The lowest BCUT2D eigenvalue weighted by Gasteiger charge is -2.06. The molecule has 3 rings (SSSR count). The molecule has 0 aliphatic carbocycles. The number of ether oxygens (including phenoxy) is 1. The molecule has 0 saturated carbocycles. The maximum absolute atomic E-state index is 10.6. The highest BCUT2D eigenvalue weighted by molar-refractivity contribution is 5.70. The van der Waals surface area contributed by atoms with Gasteiger partial charge in [-0.05, 0) is 12.1 Å². The van der Waals surface area contributed by atoms with E-state index in [9.17, 15) is 4.79 Å². The molecule has 1 aromatic heterocycles.